The Morgan fingerprint density at radius 2 is 2.17 bits per heavy atom. The van der Waals surface area contributed by atoms with E-state index in [0.717, 1.165) is 31.7 Å². The monoisotopic (exact) mass is 267 g/mol. The van der Waals surface area contributed by atoms with E-state index in [1.54, 1.807) is 0 Å². The first-order chi connectivity index (χ1) is 8.77. The zero-order valence-corrected chi connectivity index (χ0v) is 11.8. The number of halogens is 1. The highest BCUT2D eigenvalue weighted by Gasteiger charge is 2.02. The summed E-state index contributed by atoms with van der Waals surface area (Å²) >= 11 is 6.16. The Morgan fingerprint density at radius 3 is 2.83 bits per heavy atom. The van der Waals surface area contributed by atoms with Crippen molar-refractivity contribution >= 4 is 11.6 Å². The molecular weight excluding hydrogens is 246 g/mol. The largest absolute Gasteiger partial charge is 0.492 e. The Bertz CT molecular complexity index is 366. The number of ether oxygens (including phenoxy) is 1. The van der Waals surface area contributed by atoms with Crippen LogP contribution in [0.25, 0.3) is 0 Å². The van der Waals surface area contributed by atoms with E-state index in [4.69, 9.17) is 16.3 Å². The molecule has 1 aromatic carbocycles. The molecule has 0 aliphatic carbocycles. The second kappa shape index (κ2) is 9.01. The molecule has 0 fully saturated rings. The predicted molar refractivity (Wildman–Crippen MR) is 78.4 cm³/mol. The summed E-state index contributed by atoms with van der Waals surface area (Å²) in [4.78, 5) is 0. The lowest BCUT2D eigenvalue weighted by Gasteiger charge is -2.09. The van der Waals surface area contributed by atoms with Crippen LogP contribution in [-0.4, -0.2) is 13.7 Å². The molecule has 0 spiro atoms. The third-order valence-electron chi connectivity index (χ3n) is 2.69. The molecule has 0 aliphatic heterocycles. The van der Waals surface area contributed by atoms with E-state index >= 15 is 0 Å². The first kappa shape index (κ1) is 15.1. The van der Waals surface area contributed by atoms with E-state index in [0.29, 0.717) is 5.02 Å². The smallest absolute Gasteiger partial charge is 0.137 e. The van der Waals surface area contributed by atoms with Gasteiger partial charge in [0.05, 0.1) is 11.6 Å². The molecule has 100 valence electrons. The number of nitrogens with one attached hydrogen (secondary N) is 1. The van der Waals surface area contributed by atoms with Crippen LogP contribution in [0.15, 0.2) is 30.9 Å². The molecule has 0 radical (unpaired) electrons. The van der Waals surface area contributed by atoms with Crippen LogP contribution < -0.4 is 10.1 Å². The van der Waals surface area contributed by atoms with Crippen LogP contribution in [0.5, 0.6) is 5.75 Å². The van der Waals surface area contributed by atoms with Gasteiger partial charge in [0.2, 0.25) is 0 Å². The molecule has 1 rings (SSSR count). The maximum atomic E-state index is 6.16. The first-order valence-electron chi connectivity index (χ1n) is 6.44. The summed E-state index contributed by atoms with van der Waals surface area (Å²) in [6.07, 6.45) is 6.45. The van der Waals surface area contributed by atoms with Crippen LogP contribution in [0, 0.1) is 0 Å². The highest BCUT2D eigenvalue weighted by molar-refractivity contribution is 6.32. The Kier molecular flexibility index (Phi) is 7.54. The average molecular weight is 268 g/mol. The van der Waals surface area contributed by atoms with E-state index in [1.807, 2.05) is 31.3 Å². The van der Waals surface area contributed by atoms with Gasteiger partial charge in [0.25, 0.3) is 0 Å². The van der Waals surface area contributed by atoms with Crippen LogP contribution in [0.2, 0.25) is 5.02 Å². The minimum absolute atomic E-state index is 0.689. The lowest BCUT2D eigenvalue weighted by atomic mass is 10.2. The summed E-state index contributed by atoms with van der Waals surface area (Å²) in [6.45, 7) is 5.25. The zero-order chi connectivity index (χ0) is 13.2. The van der Waals surface area contributed by atoms with Crippen molar-refractivity contribution in [2.45, 2.75) is 32.2 Å². The van der Waals surface area contributed by atoms with Gasteiger partial charge < -0.3 is 10.1 Å². The van der Waals surface area contributed by atoms with E-state index in [2.05, 4.69) is 11.9 Å². The summed E-state index contributed by atoms with van der Waals surface area (Å²) in [5, 5.41) is 3.78. The summed E-state index contributed by atoms with van der Waals surface area (Å²) in [5.41, 5.74) is 1.17. The van der Waals surface area contributed by atoms with Gasteiger partial charge in [-0.05, 0) is 50.4 Å². The number of benzene rings is 1. The fraction of sp³-hybridized carbons (Fsp3) is 0.467. The fourth-order valence-electron chi connectivity index (χ4n) is 1.73. The molecule has 2 nitrogen and oxygen atoms in total. The number of hydrogen-bond donors (Lipinski definition) is 1. The molecule has 3 heteroatoms. The molecule has 0 atom stereocenters. The molecule has 18 heavy (non-hydrogen) atoms. The molecule has 0 aliphatic rings. The molecule has 0 saturated carbocycles. The second-order valence-corrected chi connectivity index (χ2v) is 4.69. The molecule has 0 bridgehead atoms. The SMILES string of the molecule is C=CCCCCCOc1ccc(CNC)cc1Cl. The topological polar surface area (TPSA) is 21.3 Å². The molecule has 0 unspecified atom stereocenters. The minimum atomic E-state index is 0.689. The second-order valence-electron chi connectivity index (χ2n) is 4.28. The fourth-order valence-corrected chi connectivity index (χ4v) is 1.98. The first-order valence-corrected chi connectivity index (χ1v) is 6.82. The molecule has 0 saturated heterocycles. The quantitative estimate of drug-likeness (QED) is 0.535. The molecule has 0 aromatic heterocycles. The van der Waals surface area contributed by atoms with Gasteiger partial charge in [0, 0.05) is 6.54 Å². The standard InChI is InChI=1S/C15H22ClNO/c1-3-4-5-6-7-10-18-15-9-8-13(12-17-2)11-14(15)16/h3,8-9,11,17H,1,4-7,10,12H2,2H3. The lowest BCUT2D eigenvalue weighted by Crippen LogP contribution is -2.05. The van der Waals surface area contributed by atoms with Gasteiger partial charge in [-0.15, -0.1) is 6.58 Å². The summed E-state index contributed by atoms with van der Waals surface area (Å²) in [6, 6.07) is 5.93. The van der Waals surface area contributed by atoms with E-state index in [-0.39, 0.29) is 0 Å². The summed E-state index contributed by atoms with van der Waals surface area (Å²) in [7, 11) is 1.92. The Morgan fingerprint density at radius 1 is 1.33 bits per heavy atom. The van der Waals surface area contributed by atoms with Crippen molar-refractivity contribution in [2.24, 2.45) is 0 Å². The van der Waals surface area contributed by atoms with Crippen molar-refractivity contribution < 1.29 is 4.74 Å². The van der Waals surface area contributed by atoms with Crippen molar-refractivity contribution in [2.75, 3.05) is 13.7 Å². The van der Waals surface area contributed by atoms with Gasteiger partial charge >= 0.3 is 0 Å². The Balaban J connectivity index is 2.31. The van der Waals surface area contributed by atoms with E-state index in [1.165, 1.54) is 18.4 Å². The van der Waals surface area contributed by atoms with Crippen molar-refractivity contribution in [1.82, 2.24) is 5.32 Å². The highest BCUT2D eigenvalue weighted by Crippen LogP contribution is 2.25. The molecule has 1 aromatic rings. The number of hydrogen-bond acceptors (Lipinski definition) is 2. The van der Waals surface area contributed by atoms with Crippen LogP contribution in [0.1, 0.15) is 31.2 Å². The van der Waals surface area contributed by atoms with Crippen molar-refractivity contribution in [3.8, 4) is 5.75 Å². The summed E-state index contributed by atoms with van der Waals surface area (Å²) in [5.74, 6) is 0.778. The average Bonchev–Trinajstić information content (AvgIpc) is 2.36. The summed E-state index contributed by atoms with van der Waals surface area (Å²) < 4.78 is 5.67. The molecule has 0 heterocycles. The zero-order valence-electron chi connectivity index (χ0n) is 11.0. The van der Waals surface area contributed by atoms with Crippen LogP contribution in [0.3, 0.4) is 0 Å². The van der Waals surface area contributed by atoms with Crippen molar-refractivity contribution in [3.63, 3.8) is 0 Å². The number of rotatable bonds is 9. The predicted octanol–water partition coefficient (Wildman–Crippen LogP) is 4.18. The van der Waals surface area contributed by atoms with Crippen molar-refractivity contribution in [3.05, 3.63) is 41.4 Å². The van der Waals surface area contributed by atoms with Gasteiger partial charge in [0.15, 0.2) is 0 Å². The van der Waals surface area contributed by atoms with Gasteiger partial charge in [-0.3, -0.25) is 0 Å². The molecule has 1 N–H and O–H groups in total. The Hall–Kier alpha value is -0.990. The van der Waals surface area contributed by atoms with Crippen LogP contribution >= 0.6 is 11.6 Å². The maximum Gasteiger partial charge on any atom is 0.137 e. The van der Waals surface area contributed by atoms with Crippen molar-refractivity contribution in [1.29, 1.82) is 0 Å². The lowest BCUT2D eigenvalue weighted by molar-refractivity contribution is 0.305. The van der Waals surface area contributed by atoms with Gasteiger partial charge in [-0.25, -0.2) is 0 Å². The van der Waals surface area contributed by atoms with Gasteiger partial charge in [-0.1, -0.05) is 23.7 Å². The highest BCUT2D eigenvalue weighted by atomic mass is 35.5. The number of unbranched alkanes of at least 4 members (excludes halogenated alkanes) is 3. The van der Waals surface area contributed by atoms with Crippen LogP contribution in [-0.2, 0) is 6.54 Å². The third-order valence-corrected chi connectivity index (χ3v) is 2.98. The molecule has 0 amide bonds. The van der Waals surface area contributed by atoms with Gasteiger partial charge in [-0.2, -0.15) is 0 Å². The molecular formula is C15H22ClNO. The third kappa shape index (κ3) is 5.56. The number of allylic oxidation sites excluding steroid dienone is 1. The van der Waals surface area contributed by atoms with E-state index in [9.17, 15) is 0 Å². The minimum Gasteiger partial charge on any atom is -0.492 e. The van der Waals surface area contributed by atoms with Gasteiger partial charge in [0.1, 0.15) is 5.75 Å². The normalized spacial score (nSPS) is 10.3. The van der Waals surface area contributed by atoms with E-state index < -0.39 is 0 Å². The maximum absolute atomic E-state index is 6.16. The Labute approximate surface area is 115 Å². The van der Waals surface area contributed by atoms with Crippen LogP contribution in [0.4, 0.5) is 0 Å².